The van der Waals surface area contributed by atoms with E-state index in [0.717, 1.165) is 12.1 Å². The number of aromatic nitrogens is 1. The monoisotopic (exact) mass is 241 g/mol. The summed E-state index contributed by atoms with van der Waals surface area (Å²) >= 11 is 0. The molecule has 0 atom stereocenters. The van der Waals surface area contributed by atoms with Crippen molar-refractivity contribution < 1.29 is 17.6 Å². The SMILES string of the molecule is Cc1nc(C)c(-c2cccc(C(F)(F)F)c2)o1. The molecule has 2 rings (SSSR count). The molecule has 0 bridgehead atoms. The summed E-state index contributed by atoms with van der Waals surface area (Å²) in [5, 5.41) is 0. The van der Waals surface area contributed by atoms with Gasteiger partial charge in [-0.25, -0.2) is 4.98 Å². The molecular formula is C12H10F3NO. The number of hydrogen-bond donors (Lipinski definition) is 0. The van der Waals surface area contributed by atoms with Crippen molar-refractivity contribution in [3.05, 3.63) is 41.4 Å². The molecule has 0 saturated heterocycles. The van der Waals surface area contributed by atoms with Crippen molar-refractivity contribution in [1.82, 2.24) is 4.98 Å². The highest BCUT2D eigenvalue weighted by Gasteiger charge is 2.30. The van der Waals surface area contributed by atoms with Crippen molar-refractivity contribution in [1.29, 1.82) is 0 Å². The lowest BCUT2D eigenvalue weighted by Crippen LogP contribution is -2.04. The molecule has 0 unspecified atom stereocenters. The second kappa shape index (κ2) is 3.91. The number of nitrogens with zero attached hydrogens (tertiary/aromatic N) is 1. The molecule has 90 valence electrons. The number of oxazole rings is 1. The normalized spacial score (nSPS) is 11.8. The first-order valence-electron chi connectivity index (χ1n) is 4.99. The maximum atomic E-state index is 12.5. The zero-order chi connectivity index (χ0) is 12.6. The van der Waals surface area contributed by atoms with Crippen molar-refractivity contribution in [2.75, 3.05) is 0 Å². The Kier molecular flexibility index (Phi) is 2.69. The van der Waals surface area contributed by atoms with Crippen LogP contribution < -0.4 is 0 Å². The summed E-state index contributed by atoms with van der Waals surface area (Å²) in [7, 11) is 0. The molecule has 0 radical (unpaired) electrons. The van der Waals surface area contributed by atoms with Crippen LogP contribution >= 0.6 is 0 Å². The van der Waals surface area contributed by atoms with E-state index in [4.69, 9.17) is 4.42 Å². The third-order valence-electron chi connectivity index (χ3n) is 2.36. The van der Waals surface area contributed by atoms with Gasteiger partial charge in [0.05, 0.1) is 11.3 Å². The minimum Gasteiger partial charge on any atom is -0.441 e. The lowest BCUT2D eigenvalue weighted by atomic mass is 10.1. The smallest absolute Gasteiger partial charge is 0.416 e. The predicted molar refractivity (Wildman–Crippen MR) is 56.4 cm³/mol. The Labute approximate surface area is 96.1 Å². The molecule has 1 heterocycles. The molecule has 0 N–H and O–H groups in total. The maximum absolute atomic E-state index is 12.5. The fraction of sp³-hybridized carbons (Fsp3) is 0.250. The third kappa shape index (κ3) is 2.33. The fourth-order valence-corrected chi connectivity index (χ4v) is 1.64. The number of rotatable bonds is 1. The molecular weight excluding hydrogens is 231 g/mol. The quantitative estimate of drug-likeness (QED) is 0.754. The second-order valence-electron chi connectivity index (χ2n) is 3.73. The van der Waals surface area contributed by atoms with Gasteiger partial charge in [0.1, 0.15) is 0 Å². The van der Waals surface area contributed by atoms with Crippen LogP contribution in [-0.4, -0.2) is 4.98 Å². The highest BCUT2D eigenvalue weighted by atomic mass is 19.4. The van der Waals surface area contributed by atoms with Crippen LogP contribution in [0.15, 0.2) is 28.7 Å². The summed E-state index contributed by atoms with van der Waals surface area (Å²) in [6.45, 7) is 3.36. The molecule has 0 fully saturated rings. The van der Waals surface area contributed by atoms with Crippen molar-refractivity contribution in [2.24, 2.45) is 0 Å². The number of alkyl halides is 3. The van der Waals surface area contributed by atoms with Crippen LogP contribution in [0.3, 0.4) is 0 Å². The van der Waals surface area contributed by atoms with Gasteiger partial charge in [-0.1, -0.05) is 12.1 Å². The van der Waals surface area contributed by atoms with Gasteiger partial charge in [0.15, 0.2) is 11.7 Å². The minimum atomic E-state index is -4.35. The molecule has 2 nitrogen and oxygen atoms in total. The first kappa shape index (κ1) is 11.7. The van der Waals surface area contributed by atoms with Gasteiger partial charge in [0.2, 0.25) is 0 Å². The van der Waals surface area contributed by atoms with Crippen molar-refractivity contribution >= 4 is 0 Å². The topological polar surface area (TPSA) is 26.0 Å². The standard InChI is InChI=1S/C12H10F3NO/c1-7-11(17-8(2)16-7)9-4-3-5-10(6-9)12(13,14)15/h3-6H,1-2H3. The summed E-state index contributed by atoms with van der Waals surface area (Å²) in [5.41, 5.74) is 0.281. The number of halogens is 3. The third-order valence-corrected chi connectivity index (χ3v) is 2.36. The predicted octanol–water partition coefficient (Wildman–Crippen LogP) is 3.98. The van der Waals surface area contributed by atoms with E-state index in [0.29, 0.717) is 22.9 Å². The summed E-state index contributed by atoms with van der Waals surface area (Å²) in [6, 6.07) is 5.02. The first-order valence-corrected chi connectivity index (χ1v) is 4.99. The summed E-state index contributed by atoms with van der Waals surface area (Å²) in [5.74, 6) is 0.823. The van der Waals surface area contributed by atoms with Gasteiger partial charge in [0.25, 0.3) is 0 Å². The van der Waals surface area contributed by atoms with E-state index >= 15 is 0 Å². The van der Waals surface area contributed by atoms with E-state index in [1.807, 2.05) is 0 Å². The van der Waals surface area contributed by atoms with Gasteiger partial charge in [0, 0.05) is 12.5 Å². The molecule has 0 aliphatic heterocycles. The van der Waals surface area contributed by atoms with Gasteiger partial charge < -0.3 is 4.42 Å². The number of aryl methyl sites for hydroxylation is 2. The van der Waals surface area contributed by atoms with E-state index in [2.05, 4.69) is 4.98 Å². The van der Waals surface area contributed by atoms with Crippen molar-refractivity contribution in [3.8, 4) is 11.3 Å². The van der Waals surface area contributed by atoms with Gasteiger partial charge in [-0.2, -0.15) is 13.2 Å². The molecule has 0 amide bonds. The average molecular weight is 241 g/mol. The molecule has 2 aromatic rings. The maximum Gasteiger partial charge on any atom is 0.416 e. The number of hydrogen-bond acceptors (Lipinski definition) is 2. The first-order chi connectivity index (χ1) is 7.88. The van der Waals surface area contributed by atoms with E-state index in [1.165, 1.54) is 6.07 Å². The van der Waals surface area contributed by atoms with Crippen molar-refractivity contribution in [3.63, 3.8) is 0 Å². The van der Waals surface area contributed by atoms with Gasteiger partial charge in [-0.15, -0.1) is 0 Å². The Hall–Kier alpha value is -1.78. The summed E-state index contributed by atoms with van der Waals surface area (Å²) < 4.78 is 42.9. The van der Waals surface area contributed by atoms with E-state index < -0.39 is 11.7 Å². The Morgan fingerprint density at radius 1 is 1.18 bits per heavy atom. The Balaban J connectivity index is 2.50. The zero-order valence-electron chi connectivity index (χ0n) is 9.30. The summed E-state index contributed by atoms with van der Waals surface area (Å²) in [6.07, 6.45) is -4.35. The molecule has 0 saturated carbocycles. The lowest BCUT2D eigenvalue weighted by molar-refractivity contribution is -0.137. The molecule has 1 aromatic carbocycles. The summed E-state index contributed by atoms with van der Waals surface area (Å²) in [4.78, 5) is 4.03. The Bertz CT molecular complexity index is 543. The highest BCUT2D eigenvalue weighted by molar-refractivity contribution is 5.60. The van der Waals surface area contributed by atoms with E-state index in [1.54, 1.807) is 19.9 Å². The second-order valence-corrected chi connectivity index (χ2v) is 3.73. The largest absolute Gasteiger partial charge is 0.441 e. The number of benzene rings is 1. The molecule has 5 heteroatoms. The highest BCUT2D eigenvalue weighted by Crippen LogP contribution is 2.33. The van der Waals surface area contributed by atoms with Crippen LogP contribution in [0.25, 0.3) is 11.3 Å². The molecule has 0 aliphatic rings. The van der Waals surface area contributed by atoms with Crippen LogP contribution in [0, 0.1) is 13.8 Å². The van der Waals surface area contributed by atoms with Crippen LogP contribution in [0.5, 0.6) is 0 Å². The molecule has 0 spiro atoms. The van der Waals surface area contributed by atoms with E-state index in [-0.39, 0.29) is 0 Å². The van der Waals surface area contributed by atoms with Gasteiger partial charge in [-0.05, 0) is 19.1 Å². The van der Waals surface area contributed by atoms with Crippen LogP contribution in [-0.2, 0) is 6.18 Å². The van der Waals surface area contributed by atoms with Crippen LogP contribution in [0.2, 0.25) is 0 Å². The minimum absolute atomic E-state index is 0.383. The Morgan fingerprint density at radius 3 is 2.41 bits per heavy atom. The van der Waals surface area contributed by atoms with Crippen LogP contribution in [0.1, 0.15) is 17.1 Å². The van der Waals surface area contributed by atoms with Crippen molar-refractivity contribution in [2.45, 2.75) is 20.0 Å². The molecule has 0 aliphatic carbocycles. The Morgan fingerprint density at radius 2 is 1.88 bits per heavy atom. The fourth-order valence-electron chi connectivity index (χ4n) is 1.64. The lowest BCUT2D eigenvalue weighted by Gasteiger charge is -2.07. The molecule has 17 heavy (non-hydrogen) atoms. The average Bonchev–Trinajstić information content (AvgIpc) is 2.57. The van der Waals surface area contributed by atoms with Gasteiger partial charge >= 0.3 is 6.18 Å². The van der Waals surface area contributed by atoms with E-state index in [9.17, 15) is 13.2 Å². The van der Waals surface area contributed by atoms with Crippen LogP contribution in [0.4, 0.5) is 13.2 Å². The molecule has 1 aromatic heterocycles. The zero-order valence-corrected chi connectivity index (χ0v) is 9.30. The van der Waals surface area contributed by atoms with Gasteiger partial charge in [-0.3, -0.25) is 0 Å².